The molecule has 0 aliphatic heterocycles. The number of nitrogens with one attached hydrogen (secondary N) is 1. The number of rotatable bonds is 3. The lowest BCUT2D eigenvalue weighted by molar-refractivity contribution is 0.590. The Morgan fingerprint density at radius 2 is 1.65 bits per heavy atom. The third-order valence-corrected chi connectivity index (χ3v) is 3.44. The molecule has 0 aliphatic rings. The summed E-state index contributed by atoms with van der Waals surface area (Å²) in [5.41, 5.74) is 4.24. The van der Waals surface area contributed by atoms with E-state index in [-0.39, 0.29) is 11.2 Å². The first-order chi connectivity index (χ1) is 9.36. The number of halogens is 1. The molecule has 2 aromatic rings. The normalized spacial score (nSPS) is 11.4. The highest BCUT2D eigenvalue weighted by molar-refractivity contribution is 5.46. The molecule has 0 saturated carbocycles. The molecule has 2 aromatic carbocycles. The van der Waals surface area contributed by atoms with Gasteiger partial charge in [-0.3, -0.25) is 0 Å². The van der Waals surface area contributed by atoms with Crippen LogP contribution in [0.25, 0.3) is 0 Å². The fourth-order valence-corrected chi connectivity index (χ4v) is 2.12. The molecule has 0 fully saturated rings. The minimum absolute atomic E-state index is 0.154. The van der Waals surface area contributed by atoms with Crippen LogP contribution in [0.5, 0.6) is 0 Å². The van der Waals surface area contributed by atoms with Gasteiger partial charge in [-0.15, -0.1) is 0 Å². The van der Waals surface area contributed by atoms with Crippen molar-refractivity contribution in [1.29, 1.82) is 0 Å². The van der Waals surface area contributed by atoms with Crippen LogP contribution in [0.3, 0.4) is 0 Å². The number of anilines is 1. The molecular formula is C18H22FN. The molecule has 2 heteroatoms. The van der Waals surface area contributed by atoms with Crippen molar-refractivity contribution in [2.75, 3.05) is 5.32 Å². The maximum Gasteiger partial charge on any atom is 0.128 e. The predicted octanol–water partition coefficient (Wildman–Crippen LogP) is 5.04. The molecule has 20 heavy (non-hydrogen) atoms. The zero-order chi connectivity index (χ0) is 14.8. The largest absolute Gasteiger partial charge is 0.381 e. The second-order valence-electron chi connectivity index (χ2n) is 6.28. The van der Waals surface area contributed by atoms with Gasteiger partial charge in [0, 0.05) is 17.8 Å². The van der Waals surface area contributed by atoms with Crippen LogP contribution in [-0.2, 0) is 12.0 Å². The molecule has 0 saturated heterocycles. The minimum Gasteiger partial charge on any atom is -0.381 e. The SMILES string of the molecule is Cc1ccc(F)c(CNc2ccc(C(C)(C)C)cc2)c1. The van der Waals surface area contributed by atoms with Crippen LogP contribution in [0.2, 0.25) is 0 Å². The van der Waals surface area contributed by atoms with Gasteiger partial charge in [-0.2, -0.15) is 0 Å². The number of benzene rings is 2. The van der Waals surface area contributed by atoms with E-state index in [0.717, 1.165) is 11.3 Å². The lowest BCUT2D eigenvalue weighted by Gasteiger charge is -2.19. The molecular weight excluding hydrogens is 249 g/mol. The molecule has 106 valence electrons. The second kappa shape index (κ2) is 5.66. The van der Waals surface area contributed by atoms with Crippen molar-refractivity contribution in [3.05, 3.63) is 65.0 Å². The molecule has 2 rings (SSSR count). The fraction of sp³-hybridized carbons (Fsp3) is 0.333. The maximum absolute atomic E-state index is 13.7. The van der Waals surface area contributed by atoms with Gasteiger partial charge in [0.25, 0.3) is 0 Å². The van der Waals surface area contributed by atoms with E-state index >= 15 is 0 Å². The van der Waals surface area contributed by atoms with Gasteiger partial charge in [-0.1, -0.05) is 50.6 Å². The zero-order valence-corrected chi connectivity index (χ0v) is 12.6. The minimum atomic E-state index is -0.158. The van der Waals surface area contributed by atoms with Crippen LogP contribution in [0.1, 0.15) is 37.5 Å². The second-order valence-corrected chi connectivity index (χ2v) is 6.28. The number of hydrogen-bond donors (Lipinski definition) is 1. The van der Waals surface area contributed by atoms with Gasteiger partial charge in [0.2, 0.25) is 0 Å². The summed E-state index contributed by atoms with van der Waals surface area (Å²) in [4.78, 5) is 0. The van der Waals surface area contributed by atoms with E-state index < -0.39 is 0 Å². The molecule has 0 atom stereocenters. The molecule has 1 nitrogen and oxygen atoms in total. The number of aryl methyl sites for hydroxylation is 1. The van der Waals surface area contributed by atoms with Crippen LogP contribution >= 0.6 is 0 Å². The molecule has 0 bridgehead atoms. The van der Waals surface area contributed by atoms with Crippen molar-refractivity contribution in [2.45, 2.75) is 39.7 Å². The summed E-state index contributed by atoms with van der Waals surface area (Å²) in [7, 11) is 0. The van der Waals surface area contributed by atoms with E-state index in [1.807, 2.05) is 25.1 Å². The van der Waals surface area contributed by atoms with Gasteiger partial charge >= 0.3 is 0 Å². The molecule has 0 unspecified atom stereocenters. The summed E-state index contributed by atoms with van der Waals surface area (Å²) in [6.45, 7) is 9.05. The third-order valence-electron chi connectivity index (χ3n) is 3.44. The number of hydrogen-bond acceptors (Lipinski definition) is 1. The standard InChI is InChI=1S/C18H22FN/c1-13-5-10-17(19)14(11-13)12-20-16-8-6-15(7-9-16)18(2,3)4/h5-11,20H,12H2,1-4H3. The molecule has 0 aromatic heterocycles. The Bertz CT molecular complexity index is 579. The highest BCUT2D eigenvalue weighted by Crippen LogP contribution is 2.23. The summed E-state index contributed by atoms with van der Waals surface area (Å²) in [6, 6.07) is 13.5. The van der Waals surface area contributed by atoms with Crippen LogP contribution < -0.4 is 5.32 Å². The Labute approximate surface area is 120 Å². The van der Waals surface area contributed by atoms with Gasteiger partial charge in [0.15, 0.2) is 0 Å². The monoisotopic (exact) mass is 271 g/mol. The van der Waals surface area contributed by atoms with E-state index in [1.165, 1.54) is 11.6 Å². The van der Waals surface area contributed by atoms with Crippen LogP contribution in [0.15, 0.2) is 42.5 Å². The van der Waals surface area contributed by atoms with E-state index in [0.29, 0.717) is 12.1 Å². The predicted molar refractivity (Wildman–Crippen MR) is 83.6 cm³/mol. The quantitative estimate of drug-likeness (QED) is 0.824. The summed E-state index contributed by atoms with van der Waals surface area (Å²) in [5, 5.41) is 3.27. The van der Waals surface area contributed by atoms with Crippen molar-refractivity contribution in [1.82, 2.24) is 0 Å². The Hall–Kier alpha value is -1.83. The average molecular weight is 271 g/mol. The van der Waals surface area contributed by atoms with Gasteiger partial charge in [0.1, 0.15) is 5.82 Å². The lowest BCUT2D eigenvalue weighted by Crippen LogP contribution is -2.10. The highest BCUT2D eigenvalue weighted by atomic mass is 19.1. The molecule has 0 spiro atoms. The topological polar surface area (TPSA) is 12.0 Å². The summed E-state index contributed by atoms with van der Waals surface area (Å²) < 4.78 is 13.7. The first kappa shape index (κ1) is 14.6. The maximum atomic E-state index is 13.7. The van der Waals surface area contributed by atoms with E-state index in [2.05, 4.69) is 38.2 Å². The van der Waals surface area contributed by atoms with Crippen LogP contribution in [0, 0.1) is 12.7 Å². The van der Waals surface area contributed by atoms with Crippen molar-refractivity contribution in [3.8, 4) is 0 Å². The van der Waals surface area contributed by atoms with Crippen LogP contribution in [-0.4, -0.2) is 0 Å². The molecule has 0 amide bonds. The zero-order valence-electron chi connectivity index (χ0n) is 12.6. The Morgan fingerprint density at radius 3 is 2.25 bits per heavy atom. The summed E-state index contributed by atoms with van der Waals surface area (Å²) in [5.74, 6) is -0.158. The fourth-order valence-electron chi connectivity index (χ4n) is 2.12. The lowest BCUT2D eigenvalue weighted by atomic mass is 9.87. The van der Waals surface area contributed by atoms with E-state index in [9.17, 15) is 4.39 Å². The van der Waals surface area contributed by atoms with Crippen molar-refractivity contribution < 1.29 is 4.39 Å². The first-order valence-electron chi connectivity index (χ1n) is 6.96. The first-order valence-corrected chi connectivity index (χ1v) is 6.96. The Balaban J connectivity index is 2.06. The summed E-state index contributed by atoms with van der Waals surface area (Å²) >= 11 is 0. The van der Waals surface area contributed by atoms with Gasteiger partial charge in [-0.25, -0.2) is 4.39 Å². The van der Waals surface area contributed by atoms with Crippen LogP contribution in [0.4, 0.5) is 10.1 Å². The Kier molecular flexibility index (Phi) is 4.12. The van der Waals surface area contributed by atoms with Crippen molar-refractivity contribution in [2.24, 2.45) is 0 Å². The average Bonchev–Trinajstić information content (AvgIpc) is 2.39. The third kappa shape index (κ3) is 3.60. The van der Waals surface area contributed by atoms with Crippen molar-refractivity contribution >= 4 is 5.69 Å². The summed E-state index contributed by atoms with van der Waals surface area (Å²) in [6.07, 6.45) is 0. The highest BCUT2D eigenvalue weighted by Gasteiger charge is 2.12. The van der Waals surface area contributed by atoms with Crippen molar-refractivity contribution in [3.63, 3.8) is 0 Å². The van der Waals surface area contributed by atoms with Gasteiger partial charge in [0.05, 0.1) is 0 Å². The van der Waals surface area contributed by atoms with Gasteiger partial charge < -0.3 is 5.32 Å². The molecule has 0 radical (unpaired) electrons. The van der Waals surface area contributed by atoms with E-state index in [1.54, 1.807) is 6.07 Å². The van der Waals surface area contributed by atoms with E-state index in [4.69, 9.17) is 0 Å². The van der Waals surface area contributed by atoms with Gasteiger partial charge in [-0.05, 0) is 36.1 Å². The molecule has 0 aliphatic carbocycles. The molecule has 0 heterocycles. The Morgan fingerprint density at radius 1 is 1.00 bits per heavy atom. The molecule has 1 N–H and O–H groups in total. The smallest absolute Gasteiger partial charge is 0.128 e.